The average Bonchev–Trinajstić information content (AvgIpc) is 3.23. The number of phenols is 2. The summed E-state index contributed by atoms with van der Waals surface area (Å²) in [6.07, 6.45) is 10.2. The molecule has 180 valence electrons. The molecule has 2 aromatic rings. The zero-order valence-corrected chi connectivity index (χ0v) is 20.0. The Bertz CT molecular complexity index is 813. The summed E-state index contributed by atoms with van der Waals surface area (Å²) in [6.45, 7) is 6.45. The van der Waals surface area contributed by atoms with E-state index in [1.807, 2.05) is 24.3 Å². The highest BCUT2D eigenvalue weighted by molar-refractivity contribution is 5.44. The van der Waals surface area contributed by atoms with Crippen LogP contribution >= 0.6 is 0 Å². The summed E-state index contributed by atoms with van der Waals surface area (Å²) in [5.74, 6) is 0.773. The molecular weight excluding hydrogens is 410 g/mol. The van der Waals surface area contributed by atoms with Gasteiger partial charge >= 0.3 is 0 Å². The summed E-state index contributed by atoms with van der Waals surface area (Å²) in [6, 6.07) is 11.9. The molecule has 2 fully saturated rings. The van der Waals surface area contributed by atoms with Gasteiger partial charge in [-0.1, -0.05) is 49.9 Å². The van der Waals surface area contributed by atoms with Crippen molar-refractivity contribution < 1.29 is 10.2 Å². The third kappa shape index (κ3) is 6.50. The van der Waals surface area contributed by atoms with Gasteiger partial charge in [0.05, 0.1) is 0 Å². The molecule has 4 N–H and O–H groups in total. The Balaban J connectivity index is 1.54. The molecule has 5 heteroatoms. The summed E-state index contributed by atoms with van der Waals surface area (Å²) in [5, 5.41) is 21.1. The van der Waals surface area contributed by atoms with Crippen molar-refractivity contribution in [3.05, 3.63) is 58.7 Å². The van der Waals surface area contributed by atoms with E-state index in [4.69, 9.17) is 5.73 Å². The van der Waals surface area contributed by atoms with Gasteiger partial charge in [-0.25, -0.2) is 0 Å². The van der Waals surface area contributed by atoms with Gasteiger partial charge < -0.3 is 15.9 Å². The minimum absolute atomic E-state index is 0.0389. The zero-order valence-electron chi connectivity index (χ0n) is 20.0. The first-order chi connectivity index (χ1) is 16.1. The zero-order chi connectivity index (χ0) is 23.0. The molecule has 2 heterocycles. The molecule has 0 unspecified atom stereocenters. The summed E-state index contributed by atoms with van der Waals surface area (Å²) >= 11 is 0. The van der Waals surface area contributed by atoms with Crippen LogP contribution in [0, 0.1) is 0 Å². The van der Waals surface area contributed by atoms with Gasteiger partial charge in [0.1, 0.15) is 11.5 Å². The van der Waals surface area contributed by atoms with E-state index < -0.39 is 0 Å². The van der Waals surface area contributed by atoms with E-state index in [0.29, 0.717) is 18.0 Å². The second-order valence-electron chi connectivity index (χ2n) is 9.95. The predicted molar refractivity (Wildman–Crippen MR) is 135 cm³/mol. The standard InChI is InChI=1S/C28H41N3O2/c29-19-26(22-9-11-27(32)24(17-22)20-30-13-5-1-2-6-14-30)23-10-12-28(33)25(18-23)21-31-15-7-3-4-8-16-31/h9-12,17-18,26,32-33H,1-8,13-16,19-21,29H2. The quantitative estimate of drug-likeness (QED) is 0.556. The molecule has 0 atom stereocenters. The number of hydrogen-bond donors (Lipinski definition) is 3. The van der Waals surface area contributed by atoms with Gasteiger partial charge in [0, 0.05) is 36.7 Å². The van der Waals surface area contributed by atoms with Crippen molar-refractivity contribution in [2.45, 2.75) is 70.4 Å². The van der Waals surface area contributed by atoms with E-state index in [1.165, 1.54) is 51.4 Å². The molecule has 0 aromatic heterocycles. The molecule has 0 spiro atoms. The topological polar surface area (TPSA) is 73.0 Å². The summed E-state index contributed by atoms with van der Waals surface area (Å²) in [7, 11) is 0. The Labute approximate surface area is 199 Å². The highest BCUT2D eigenvalue weighted by atomic mass is 16.3. The fourth-order valence-corrected chi connectivity index (χ4v) is 5.43. The molecule has 2 saturated heterocycles. The van der Waals surface area contributed by atoms with Gasteiger partial charge in [-0.2, -0.15) is 0 Å². The average molecular weight is 452 g/mol. The molecule has 2 aliphatic heterocycles. The van der Waals surface area contributed by atoms with Crippen LogP contribution in [0.2, 0.25) is 0 Å². The molecular formula is C28H41N3O2. The van der Waals surface area contributed by atoms with E-state index in [-0.39, 0.29) is 5.92 Å². The first-order valence-corrected chi connectivity index (χ1v) is 12.9. The highest BCUT2D eigenvalue weighted by Gasteiger charge is 2.19. The summed E-state index contributed by atoms with van der Waals surface area (Å²) in [4.78, 5) is 4.92. The van der Waals surface area contributed by atoms with Crippen molar-refractivity contribution in [2.75, 3.05) is 32.7 Å². The first kappa shape index (κ1) is 24.1. The number of phenolic OH excluding ortho intramolecular Hbond substituents is 2. The smallest absolute Gasteiger partial charge is 0.120 e. The Morgan fingerprint density at radius 2 is 1.03 bits per heavy atom. The highest BCUT2D eigenvalue weighted by Crippen LogP contribution is 2.32. The number of nitrogens with zero attached hydrogens (tertiary/aromatic N) is 2. The maximum Gasteiger partial charge on any atom is 0.120 e. The molecule has 0 radical (unpaired) electrons. The molecule has 0 aliphatic carbocycles. The van der Waals surface area contributed by atoms with Crippen LogP contribution in [0.1, 0.15) is 79.5 Å². The lowest BCUT2D eigenvalue weighted by Crippen LogP contribution is -2.24. The van der Waals surface area contributed by atoms with Crippen LogP contribution in [0.4, 0.5) is 0 Å². The molecule has 5 nitrogen and oxygen atoms in total. The van der Waals surface area contributed by atoms with Gasteiger partial charge in [-0.15, -0.1) is 0 Å². The third-order valence-corrected chi connectivity index (χ3v) is 7.43. The van der Waals surface area contributed by atoms with Gasteiger partial charge in [0.25, 0.3) is 0 Å². The monoisotopic (exact) mass is 451 g/mol. The molecule has 33 heavy (non-hydrogen) atoms. The first-order valence-electron chi connectivity index (χ1n) is 12.9. The van der Waals surface area contributed by atoms with Crippen molar-refractivity contribution in [2.24, 2.45) is 5.73 Å². The fraction of sp³-hybridized carbons (Fsp3) is 0.571. The third-order valence-electron chi connectivity index (χ3n) is 7.43. The summed E-state index contributed by atoms with van der Waals surface area (Å²) < 4.78 is 0. The molecule has 2 aromatic carbocycles. The number of rotatable bonds is 7. The molecule has 2 aliphatic rings. The number of nitrogens with two attached hydrogens (primary N) is 1. The Morgan fingerprint density at radius 3 is 1.39 bits per heavy atom. The van der Waals surface area contributed by atoms with Crippen LogP contribution in [-0.2, 0) is 13.1 Å². The van der Waals surface area contributed by atoms with Crippen molar-refractivity contribution in [3.8, 4) is 11.5 Å². The minimum atomic E-state index is 0.0389. The Kier molecular flexibility index (Phi) is 8.65. The van der Waals surface area contributed by atoms with Crippen molar-refractivity contribution in [1.82, 2.24) is 9.80 Å². The van der Waals surface area contributed by atoms with Crippen LogP contribution in [0.3, 0.4) is 0 Å². The second-order valence-corrected chi connectivity index (χ2v) is 9.95. The molecule has 0 amide bonds. The Morgan fingerprint density at radius 1 is 0.636 bits per heavy atom. The van der Waals surface area contributed by atoms with Crippen LogP contribution < -0.4 is 5.73 Å². The lowest BCUT2D eigenvalue weighted by Gasteiger charge is -2.24. The van der Waals surface area contributed by atoms with E-state index in [1.54, 1.807) is 0 Å². The summed E-state index contributed by atoms with van der Waals surface area (Å²) in [5.41, 5.74) is 10.5. The van der Waals surface area contributed by atoms with Gasteiger partial charge in [-0.3, -0.25) is 9.80 Å². The largest absolute Gasteiger partial charge is 0.508 e. The number of aromatic hydroxyl groups is 2. The Hall–Kier alpha value is -2.08. The number of benzene rings is 2. The maximum absolute atomic E-state index is 10.6. The SMILES string of the molecule is NCC(c1ccc(O)c(CN2CCCCCC2)c1)c1ccc(O)c(CN2CCCCCC2)c1. The van der Waals surface area contributed by atoms with E-state index in [9.17, 15) is 10.2 Å². The van der Waals surface area contributed by atoms with Crippen molar-refractivity contribution >= 4 is 0 Å². The maximum atomic E-state index is 10.6. The molecule has 0 saturated carbocycles. The molecule has 0 bridgehead atoms. The minimum Gasteiger partial charge on any atom is -0.508 e. The van der Waals surface area contributed by atoms with Crippen LogP contribution in [0.15, 0.2) is 36.4 Å². The van der Waals surface area contributed by atoms with Crippen LogP contribution in [0.25, 0.3) is 0 Å². The second kappa shape index (κ2) is 11.9. The van der Waals surface area contributed by atoms with Crippen LogP contribution in [-0.4, -0.2) is 52.7 Å². The van der Waals surface area contributed by atoms with E-state index in [2.05, 4.69) is 21.9 Å². The lowest BCUT2D eigenvalue weighted by atomic mass is 9.89. The molecule has 4 rings (SSSR count). The number of hydrogen-bond acceptors (Lipinski definition) is 5. The lowest BCUT2D eigenvalue weighted by molar-refractivity contribution is 0.272. The normalized spacial score (nSPS) is 18.8. The fourth-order valence-electron chi connectivity index (χ4n) is 5.43. The van der Waals surface area contributed by atoms with Gasteiger partial charge in [-0.05, 0) is 75.1 Å². The van der Waals surface area contributed by atoms with E-state index in [0.717, 1.165) is 61.5 Å². The van der Waals surface area contributed by atoms with Crippen LogP contribution in [0.5, 0.6) is 11.5 Å². The van der Waals surface area contributed by atoms with Crippen molar-refractivity contribution in [1.29, 1.82) is 0 Å². The van der Waals surface area contributed by atoms with Gasteiger partial charge in [0.15, 0.2) is 0 Å². The number of likely N-dealkylation sites (tertiary alicyclic amines) is 2. The van der Waals surface area contributed by atoms with Gasteiger partial charge in [0.2, 0.25) is 0 Å². The van der Waals surface area contributed by atoms with Crippen molar-refractivity contribution in [3.63, 3.8) is 0 Å². The predicted octanol–water partition coefficient (Wildman–Crippen LogP) is 4.94. The van der Waals surface area contributed by atoms with E-state index >= 15 is 0 Å².